The van der Waals surface area contributed by atoms with Gasteiger partial charge in [0, 0.05) is 35.6 Å². The average Bonchev–Trinajstić information content (AvgIpc) is 2.72. The Bertz CT molecular complexity index is 694. The second-order valence-corrected chi connectivity index (χ2v) is 5.24. The number of benzene rings is 1. The molecule has 6 nitrogen and oxygen atoms in total. The summed E-state index contributed by atoms with van der Waals surface area (Å²) in [4.78, 5) is 24.5. The van der Waals surface area contributed by atoms with Crippen LogP contribution in [0.2, 0.25) is 0 Å². The Morgan fingerprint density at radius 3 is 2.89 bits per heavy atom. The first-order chi connectivity index (χ1) is 9.06. The van der Waals surface area contributed by atoms with Crippen molar-refractivity contribution in [1.82, 2.24) is 15.1 Å². The summed E-state index contributed by atoms with van der Waals surface area (Å²) in [6.07, 6.45) is 2.08. The molecule has 0 saturated carbocycles. The number of rotatable bonds is 1. The number of urea groups is 1. The number of carbonyl (C=O) groups is 2. The fourth-order valence-corrected chi connectivity index (χ4v) is 2.70. The molecule has 1 aromatic heterocycles. The summed E-state index contributed by atoms with van der Waals surface area (Å²) in [5, 5.41) is 7.49. The van der Waals surface area contributed by atoms with E-state index in [-0.39, 0.29) is 11.9 Å². The van der Waals surface area contributed by atoms with Gasteiger partial charge in [0.1, 0.15) is 0 Å². The van der Waals surface area contributed by atoms with Gasteiger partial charge >= 0.3 is 6.03 Å². The highest BCUT2D eigenvalue weighted by Gasteiger charge is 2.25. The van der Waals surface area contributed by atoms with Gasteiger partial charge in [-0.15, -0.1) is 0 Å². The second kappa shape index (κ2) is 4.34. The number of imide groups is 1. The Balaban J connectivity index is 2.07. The van der Waals surface area contributed by atoms with Crippen LogP contribution in [-0.4, -0.2) is 28.3 Å². The third-order valence-corrected chi connectivity index (χ3v) is 3.82. The van der Waals surface area contributed by atoms with Crippen LogP contribution in [0.4, 0.5) is 10.5 Å². The standard InChI is InChI=1S/C12H11BrN4O2/c1-16-10-5-7(4-9(13)8(10)6-14-16)17-3-2-11(18)15-12(17)19/h4-6H,2-3H2,1H3,(H,15,18,19). The molecule has 3 amide bonds. The molecule has 1 aliphatic rings. The highest BCUT2D eigenvalue weighted by Crippen LogP contribution is 2.30. The quantitative estimate of drug-likeness (QED) is 0.870. The lowest BCUT2D eigenvalue weighted by Gasteiger charge is -2.26. The number of halogens is 1. The van der Waals surface area contributed by atoms with Crippen LogP contribution in [0.1, 0.15) is 6.42 Å². The van der Waals surface area contributed by atoms with E-state index in [2.05, 4.69) is 26.3 Å². The summed E-state index contributed by atoms with van der Waals surface area (Å²) in [5.41, 5.74) is 1.67. The number of nitrogens with one attached hydrogen (secondary N) is 1. The molecule has 1 fully saturated rings. The number of aromatic nitrogens is 2. The molecule has 0 radical (unpaired) electrons. The van der Waals surface area contributed by atoms with E-state index >= 15 is 0 Å². The molecule has 1 saturated heterocycles. The van der Waals surface area contributed by atoms with Gasteiger partial charge in [0.25, 0.3) is 0 Å². The van der Waals surface area contributed by atoms with Crippen LogP contribution >= 0.6 is 15.9 Å². The van der Waals surface area contributed by atoms with Crippen molar-refractivity contribution in [3.8, 4) is 0 Å². The Hall–Kier alpha value is -1.89. The maximum Gasteiger partial charge on any atom is 0.328 e. The molecule has 0 bridgehead atoms. The van der Waals surface area contributed by atoms with Crippen molar-refractivity contribution in [3.05, 3.63) is 22.8 Å². The lowest BCUT2D eigenvalue weighted by Crippen LogP contribution is -2.49. The van der Waals surface area contributed by atoms with Crippen molar-refractivity contribution in [2.24, 2.45) is 7.05 Å². The Kier molecular flexibility index (Phi) is 2.78. The summed E-state index contributed by atoms with van der Waals surface area (Å²) >= 11 is 3.48. The number of anilines is 1. The smallest absolute Gasteiger partial charge is 0.294 e. The van der Waals surface area contributed by atoms with Gasteiger partial charge in [0.15, 0.2) is 0 Å². The molecular formula is C12H11BrN4O2. The number of fused-ring (bicyclic) bond motifs is 1. The van der Waals surface area contributed by atoms with E-state index in [1.54, 1.807) is 15.8 Å². The Morgan fingerprint density at radius 2 is 2.16 bits per heavy atom. The lowest BCUT2D eigenvalue weighted by molar-refractivity contribution is -0.120. The van der Waals surface area contributed by atoms with Crippen molar-refractivity contribution in [2.75, 3.05) is 11.4 Å². The first-order valence-corrected chi connectivity index (χ1v) is 6.58. The Morgan fingerprint density at radius 1 is 1.37 bits per heavy atom. The van der Waals surface area contributed by atoms with Gasteiger partial charge < -0.3 is 0 Å². The van der Waals surface area contributed by atoms with Crippen LogP contribution in [0, 0.1) is 0 Å². The van der Waals surface area contributed by atoms with Crippen molar-refractivity contribution >= 4 is 44.5 Å². The van der Waals surface area contributed by atoms with Gasteiger partial charge in [-0.2, -0.15) is 5.10 Å². The van der Waals surface area contributed by atoms with Gasteiger partial charge in [0.05, 0.1) is 11.7 Å². The van der Waals surface area contributed by atoms with E-state index in [4.69, 9.17) is 0 Å². The van der Waals surface area contributed by atoms with Crippen LogP contribution in [0.5, 0.6) is 0 Å². The fourth-order valence-electron chi connectivity index (χ4n) is 2.16. The van der Waals surface area contributed by atoms with Crippen LogP contribution in [-0.2, 0) is 11.8 Å². The average molecular weight is 323 g/mol. The maximum absolute atomic E-state index is 11.8. The second-order valence-electron chi connectivity index (χ2n) is 4.38. The largest absolute Gasteiger partial charge is 0.328 e. The maximum atomic E-state index is 11.8. The normalized spacial score (nSPS) is 16.0. The monoisotopic (exact) mass is 322 g/mol. The molecule has 1 aromatic carbocycles. The Labute approximate surface area is 117 Å². The van der Waals surface area contributed by atoms with E-state index < -0.39 is 0 Å². The molecule has 0 aliphatic carbocycles. The molecule has 1 aliphatic heterocycles. The number of amides is 3. The number of hydrogen-bond donors (Lipinski definition) is 1. The first kappa shape index (κ1) is 12.2. The number of hydrogen-bond acceptors (Lipinski definition) is 3. The highest BCUT2D eigenvalue weighted by molar-refractivity contribution is 9.10. The van der Waals surface area contributed by atoms with Gasteiger partial charge in [-0.25, -0.2) is 4.79 Å². The van der Waals surface area contributed by atoms with E-state index in [1.807, 2.05) is 19.2 Å². The summed E-state index contributed by atoms with van der Waals surface area (Å²) in [5.74, 6) is -0.234. The molecule has 0 spiro atoms. The lowest BCUT2D eigenvalue weighted by atomic mass is 10.2. The van der Waals surface area contributed by atoms with Gasteiger partial charge in [-0.1, -0.05) is 0 Å². The van der Waals surface area contributed by atoms with Crippen molar-refractivity contribution in [1.29, 1.82) is 0 Å². The summed E-state index contributed by atoms with van der Waals surface area (Å²) in [6, 6.07) is 3.37. The summed E-state index contributed by atoms with van der Waals surface area (Å²) < 4.78 is 2.62. The number of nitrogens with zero attached hydrogens (tertiary/aromatic N) is 3. The molecule has 7 heteroatoms. The van der Waals surface area contributed by atoms with Crippen LogP contribution in [0.25, 0.3) is 10.9 Å². The summed E-state index contributed by atoms with van der Waals surface area (Å²) in [7, 11) is 1.85. The molecule has 0 atom stereocenters. The highest BCUT2D eigenvalue weighted by atomic mass is 79.9. The zero-order valence-electron chi connectivity index (χ0n) is 10.2. The zero-order chi connectivity index (χ0) is 13.6. The molecule has 3 rings (SSSR count). The molecule has 2 heterocycles. The molecule has 1 N–H and O–H groups in total. The van der Waals surface area contributed by atoms with E-state index in [0.29, 0.717) is 13.0 Å². The minimum atomic E-state index is -0.385. The van der Waals surface area contributed by atoms with Gasteiger partial charge in [0.2, 0.25) is 5.91 Å². The number of carbonyl (C=O) groups excluding carboxylic acids is 2. The van der Waals surface area contributed by atoms with Crippen LogP contribution < -0.4 is 10.2 Å². The minimum Gasteiger partial charge on any atom is -0.294 e. The third-order valence-electron chi connectivity index (χ3n) is 3.17. The molecule has 98 valence electrons. The van der Waals surface area contributed by atoms with E-state index in [1.165, 1.54) is 0 Å². The fraction of sp³-hybridized carbons (Fsp3) is 0.250. The molecule has 2 aromatic rings. The van der Waals surface area contributed by atoms with Crippen molar-refractivity contribution < 1.29 is 9.59 Å². The summed E-state index contributed by atoms with van der Waals surface area (Å²) in [6.45, 7) is 0.389. The predicted octanol–water partition coefficient (Wildman–Crippen LogP) is 1.78. The van der Waals surface area contributed by atoms with E-state index in [9.17, 15) is 9.59 Å². The van der Waals surface area contributed by atoms with Crippen molar-refractivity contribution in [3.63, 3.8) is 0 Å². The van der Waals surface area contributed by atoms with Gasteiger partial charge in [-0.05, 0) is 28.1 Å². The predicted molar refractivity (Wildman–Crippen MR) is 73.9 cm³/mol. The SMILES string of the molecule is Cn1ncc2c(Br)cc(N3CCC(=O)NC3=O)cc21. The van der Waals surface area contributed by atoms with Crippen LogP contribution in [0.3, 0.4) is 0 Å². The van der Waals surface area contributed by atoms with Gasteiger partial charge in [-0.3, -0.25) is 19.7 Å². The first-order valence-electron chi connectivity index (χ1n) is 5.79. The minimum absolute atomic E-state index is 0.234. The number of aryl methyl sites for hydroxylation is 1. The van der Waals surface area contributed by atoms with E-state index in [0.717, 1.165) is 21.1 Å². The third kappa shape index (κ3) is 1.99. The zero-order valence-corrected chi connectivity index (χ0v) is 11.8. The molecule has 0 unspecified atom stereocenters. The van der Waals surface area contributed by atoms with Crippen molar-refractivity contribution in [2.45, 2.75) is 6.42 Å². The molecular weight excluding hydrogens is 312 g/mol. The topological polar surface area (TPSA) is 67.2 Å². The van der Waals surface area contributed by atoms with Crippen LogP contribution in [0.15, 0.2) is 22.8 Å². The molecule has 19 heavy (non-hydrogen) atoms.